The smallest absolute Gasteiger partial charge is 0.255 e. The number of hydrogen-bond donors (Lipinski definition) is 1. The van der Waals surface area contributed by atoms with Crippen molar-refractivity contribution in [1.29, 1.82) is 0 Å². The van der Waals surface area contributed by atoms with E-state index < -0.39 is 18.0 Å². The third-order valence-corrected chi connectivity index (χ3v) is 8.66. The van der Waals surface area contributed by atoms with E-state index in [2.05, 4.69) is 5.32 Å². The monoisotopic (exact) mass is 558 g/mol. The van der Waals surface area contributed by atoms with Gasteiger partial charge in [0.05, 0.1) is 6.04 Å². The molecular weight excluding hydrogens is 524 g/mol. The molecule has 0 saturated carbocycles. The van der Waals surface area contributed by atoms with Gasteiger partial charge in [0.2, 0.25) is 23.6 Å². The van der Waals surface area contributed by atoms with Crippen LogP contribution in [0.25, 0.3) is 0 Å². The van der Waals surface area contributed by atoms with E-state index in [9.17, 15) is 24.0 Å². The Labute approximate surface area is 238 Å². The van der Waals surface area contributed by atoms with Gasteiger partial charge in [-0.05, 0) is 61.4 Å². The number of hydrogen-bond acceptors (Lipinski definition) is 6. The maximum absolute atomic E-state index is 13.8. The van der Waals surface area contributed by atoms with Crippen LogP contribution < -0.4 is 10.1 Å². The summed E-state index contributed by atoms with van der Waals surface area (Å²) in [6.07, 6.45) is 4.15. The molecule has 2 aromatic carbocycles. The zero-order valence-corrected chi connectivity index (χ0v) is 22.9. The van der Waals surface area contributed by atoms with Gasteiger partial charge in [0.1, 0.15) is 24.4 Å². The van der Waals surface area contributed by atoms with E-state index in [0.717, 1.165) is 30.4 Å². The fourth-order valence-corrected chi connectivity index (χ4v) is 6.46. The topological polar surface area (TPSA) is 116 Å². The van der Waals surface area contributed by atoms with Gasteiger partial charge in [0.15, 0.2) is 0 Å². The van der Waals surface area contributed by atoms with Gasteiger partial charge in [-0.25, -0.2) is 0 Å². The Bertz CT molecular complexity index is 1380. The number of benzene rings is 2. The van der Waals surface area contributed by atoms with Crippen LogP contribution in [0.2, 0.25) is 0 Å². The second kappa shape index (κ2) is 11.3. The fraction of sp³-hybridized carbons (Fsp3) is 0.452. The van der Waals surface area contributed by atoms with E-state index in [0.29, 0.717) is 50.3 Å². The summed E-state index contributed by atoms with van der Waals surface area (Å²) in [5.41, 5.74) is 2.31. The lowest BCUT2D eigenvalue weighted by molar-refractivity contribution is -0.145. The maximum Gasteiger partial charge on any atom is 0.255 e. The number of piperidine rings is 2. The van der Waals surface area contributed by atoms with Crippen molar-refractivity contribution < 1.29 is 28.7 Å². The van der Waals surface area contributed by atoms with Crippen LogP contribution in [0.4, 0.5) is 0 Å². The molecule has 10 heteroatoms. The highest BCUT2D eigenvalue weighted by Gasteiger charge is 2.41. The minimum Gasteiger partial charge on any atom is -0.491 e. The van der Waals surface area contributed by atoms with Crippen molar-refractivity contribution in [2.75, 3.05) is 13.2 Å². The van der Waals surface area contributed by atoms with Crippen molar-refractivity contribution in [3.8, 4) is 5.75 Å². The van der Waals surface area contributed by atoms with E-state index >= 15 is 0 Å². The van der Waals surface area contributed by atoms with Gasteiger partial charge < -0.3 is 19.4 Å². The number of carbonyl (C=O) groups excluding carboxylic acids is 5. The zero-order chi connectivity index (χ0) is 28.5. The van der Waals surface area contributed by atoms with Crippen molar-refractivity contribution in [3.63, 3.8) is 0 Å². The molecule has 0 radical (unpaired) electrons. The molecule has 0 aliphatic carbocycles. The van der Waals surface area contributed by atoms with Crippen LogP contribution in [0.1, 0.15) is 66.4 Å². The van der Waals surface area contributed by atoms with Crippen LogP contribution >= 0.6 is 0 Å². The van der Waals surface area contributed by atoms with Crippen LogP contribution in [0.5, 0.6) is 5.75 Å². The first-order valence-corrected chi connectivity index (χ1v) is 14.4. The fourth-order valence-electron chi connectivity index (χ4n) is 6.46. The first-order valence-electron chi connectivity index (χ1n) is 14.4. The molecular formula is C31H34N4O6. The summed E-state index contributed by atoms with van der Waals surface area (Å²) < 4.78 is 6.18. The van der Waals surface area contributed by atoms with Crippen molar-refractivity contribution in [2.24, 2.45) is 0 Å². The van der Waals surface area contributed by atoms with Gasteiger partial charge in [-0.2, -0.15) is 0 Å². The van der Waals surface area contributed by atoms with Crippen LogP contribution in [0.15, 0.2) is 48.5 Å². The quantitative estimate of drug-likeness (QED) is 0.522. The van der Waals surface area contributed by atoms with E-state index in [4.69, 9.17) is 4.74 Å². The minimum atomic E-state index is -0.664. The summed E-state index contributed by atoms with van der Waals surface area (Å²) in [5.74, 6) is -0.384. The Hall–Kier alpha value is -4.21. The molecule has 10 nitrogen and oxygen atoms in total. The van der Waals surface area contributed by atoms with Gasteiger partial charge in [-0.3, -0.25) is 29.3 Å². The molecule has 0 spiro atoms. The van der Waals surface area contributed by atoms with E-state index in [1.54, 1.807) is 17.0 Å². The van der Waals surface area contributed by atoms with E-state index in [1.807, 2.05) is 41.3 Å². The average Bonchev–Trinajstić information content (AvgIpc) is 3.50. The molecule has 4 aliphatic heterocycles. The summed E-state index contributed by atoms with van der Waals surface area (Å²) in [6, 6.07) is 13.8. The molecule has 3 atom stereocenters. The molecule has 1 unspecified atom stereocenters. The Morgan fingerprint density at radius 3 is 2.59 bits per heavy atom. The molecule has 4 heterocycles. The van der Waals surface area contributed by atoms with Crippen LogP contribution in [0.3, 0.4) is 0 Å². The molecule has 6 rings (SSSR count). The molecule has 1 N–H and O–H groups in total. The lowest BCUT2D eigenvalue weighted by Gasteiger charge is -2.38. The van der Waals surface area contributed by atoms with Gasteiger partial charge in [-0.15, -0.1) is 0 Å². The number of ether oxygens (including phenoxy) is 1. The van der Waals surface area contributed by atoms with Crippen molar-refractivity contribution in [2.45, 2.75) is 76.2 Å². The van der Waals surface area contributed by atoms with Gasteiger partial charge in [0.25, 0.3) is 5.91 Å². The standard InChI is InChI=1S/C31H34N4O6/c36-27-13-11-25(29(38)32-27)35-18-21-16-23(9-10-24(21)30(35)39)41-19-22-8-4-5-15-33(22)31(40)26-12-14-28(37)34(26)17-20-6-2-1-3-7-20/h1-3,6-7,9-10,16,22,25-26H,4-5,8,11-15,17-19H2,(H,32,36,38)/t22-,25?,26-/m0/s1. The highest BCUT2D eigenvalue weighted by Crippen LogP contribution is 2.31. The molecule has 2 aromatic rings. The third kappa shape index (κ3) is 5.42. The number of nitrogens with one attached hydrogen (secondary N) is 1. The molecule has 0 bridgehead atoms. The highest BCUT2D eigenvalue weighted by atomic mass is 16.5. The second-order valence-corrected chi connectivity index (χ2v) is 11.3. The lowest BCUT2D eigenvalue weighted by atomic mass is 10.0. The first kappa shape index (κ1) is 27.0. The van der Waals surface area contributed by atoms with Crippen LogP contribution in [0, 0.1) is 0 Å². The number of imide groups is 1. The molecule has 3 saturated heterocycles. The maximum atomic E-state index is 13.8. The summed E-state index contributed by atoms with van der Waals surface area (Å²) in [4.78, 5) is 68.5. The highest BCUT2D eigenvalue weighted by molar-refractivity contribution is 6.05. The number of likely N-dealkylation sites (tertiary alicyclic amines) is 2. The molecule has 4 aliphatic rings. The predicted octanol–water partition coefficient (Wildman–Crippen LogP) is 2.40. The lowest BCUT2D eigenvalue weighted by Crippen LogP contribution is -2.53. The Kier molecular flexibility index (Phi) is 7.47. The van der Waals surface area contributed by atoms with Crippen LogP contribution in [-0.2, 0) is 32.3 Å². The van der Waals surface area contributed by atoms with E-state index in [-0.39, 0.29) is 42.6 Å². The van der Waals surface area contributed by atoms with Crippen LogP contribution in [-0.4, -0.2) is 75.5 Å². The summed E-state index contributed by atoms with van der Waals surface area (Å²) >= 11 is 0. The molecule has 0 aromatic heterocycles. The van der Waals surface area contributed by atoms with Gasteiger partial charge in [0, 0.05) is 38.0 Å². The molecule has 41 heavy (non-hydrogen) atoms. The summed E-state index contributed by atoms with van der Waals surface area (Å²) in [7, 11) is 0. The molecule has 3 fully saturated rings. The molecule has 5 amide bonds. The number of amides is 5. The van der Waals surface area contributed by atoms with E-state index in [1.165, 1.54) is 4.90 Å². The van der Waals surface area contributed by atoms with Gasteiger partial charge in [-0.1, -0.05) is 30.3 Å². The number of rotatable bonds is 7. The minimum absolute atomic E-state index is 0.0102. The third-order valence-electron chi connectivity index (χ3n) is 8.66. The van der Waals surface area contributed by atoms with Crippen molar-refractivity contribution in [1.82, 2.24) is 20.0 Å². The number of fused-ring (bicyclic) bond motifs is 1. The normalized spacial score (nSPS) is 24.5. The second-order valence-electron chi connectivity index (χ2n) is 11.3. The Morgan fingerprint density at radius 1 is 0.951 bits per heavy atom. The number of nitrogens with zero attached hydrogens (tertiary/aromatic N) is 3. The van der Waals surface area contributed by atoms with Crippen molar-refractivity contribution >= 4 is 29.5 Å². The van der Waals surface area contributed by atoms with Crippen molar-refractivity contribution in [3.05, 3.63) is 65.2 Å². The Balaban J connectivity index is 1.11. The SMILES string of the molecule is O=C1CCC(N2Cc3cc(OC[C@@H]4CCCCN4C(=O)[C@@H]4CCC(=O)N4Cc4ccccc4)ccc3C2=O)C(=O)N1. The predicted molar refractivity (Wildman–Crippen MR) is 147 cm³/mol. The Morgan fingerprint density at radius 2 is 1.78 bits per heavy atom. The number of carbonyl (C=O) groups is 5. The summed E-state index contributed by atoms with van der Waals surface area (Å²) in [6.45, 7) is 1.65. The summed E-state index contributed by atoms with van der Waals surface area (Å²) in [5, 5.41) is 2.32. The first-order chi connectivity index (χ1) is 19.9. The molecule has 214 valence electrons. The zero-order valence-electron chi connectivity index (χ0n) is 22.9. The average molecular weight is 559 g/mol. The largest absolute Gasteiger partial charge is 0.491 e. The van der Waals surface area contributed by atoms with Gasteiger partial charge >= 0.3 is 0 Å².